The van der Waals surface area contributed by atoms with Gasteiger partial charge in [-0.3, -0.25) is 14.4 Å². The van der Waals surface area contributed by atoms with Gasteiger partial charge in [-0.1, -0.05) is 30.7 Å². The number of esters is 1. The number of hydrogen-bond acceptors (Lipinski definition) is 6. The van der Waals surface area contributed by atoms with Gasteiger partial charge in [0.2, 0.25) is 0 Å². The molecule has 2 aromatic heterocycles. The zero-order chi connectivity index (χ0) is 32.6. The number of piperidine rings is 1. The number of halogens is 3. The molecule has 0 radical (unpaired) electrons. The van der Waals surface area contributed by atoms with Crippen LogP contribution >= 0.6 is 11.6 Å². The van der Waals surface area contributed by atoms with Crippen LogP contribution in [0.25, 0.3) is 0 Å². The standard InChI is InChI=1S/C34H46ClF2N5O2/c1-10-23-17-25(38-30(29(23)37)39-27-16-21(2)42(40-27)32(4,5)6)19-34(31(43)44-33(7,8)9)14-15-41(22(3)18-34)20-24-12-11-13-26(35)28(24)36/h11-13,16-17,22H,10,14-15,18-20H2,1-9H3,(H,38,39,40)/t22-,34-/m1/s1. The summed E-state index contributed by atoms with van der Waals surface area (Å²) < 4.78 is 38.2. The number of nitrogens with one attached hydrogen (secondary N) is 1. The molecular formula is C34H46ClF2N5O2. The Morgan fingerprint density at radius 1 is 1.14 bits per heavy atom. The first-order valence-corrected chi connectivity index (χ1v) is 15.7. The summed E-state index contributed by atoms with van der Waals surface area (Å²) in [6.07, 6.45) is 1.69. The minimum Gasteiger partial charge on any atom is -0.460 e. The molecule has 1 N–H and O–H groups in total. The maximum atomic E-state index is 15.6. The molecule has 1 fully saturated rings. The van der Waals surface area contributed by atoms with Gasteiger partial charge in [-0.05, 0) is 98.9 Å². The third-order valence-electron chi connectivity index (χ3n) is 8.18. The van der Waals surface area contributed by atoms with Gasteiger partial charge in [0.25, 0.3) is 0 Å². The van der Waals surface area contributed by atoms with Crippen molar-refractivity contribution in [2.24, 2.45) is 5.41 Å². The van der Waals surface area contributed by atoms with Crippen molar-refractivity contribution in [3.63, 3.8) is 0 Å². The highest BCUT2D eigenvalue weighted by Crippen LogP contribution is 2.41. The summed E-state index contributed by atoms with van der Waals surface area (Å²) in [7, 11) is 0. The smallest absolute Gasteiger partial charge is 0.313 e. The van der Waals surface area contributed by atoms with Crippen LogP contribution < -0.4 is 5.32 Å². The molecule has 0 unspecified atom stereocenters. The van der Waals surface area contributed by atoms with Crippen LogP contribution in [-0.4, -0.2) is 43.8 Å². The van der Waals surface area contributed by atoms with Crippen molar-refractivity contribution < 1.29 is 18.3 Å². The first-order chi connectivity index (χ1) is 20.4. The first-order valence-electron chi connectivity index (χ1n) is 15.4. The van der Waals surface area contributed by atoms with E-state index in [1.165, 1.54) is 6.07 Å². The number of nitrogens with zero attached hydrogens (tertiary/aromatic N) is 4. The van der Waals surface area contributed by atoms with Crippen LogP contribution in [0.5, 0.6) is 0 Å². The molecule has 4 rings (SSSR count). The molecule has 0 saturated carbocycles. The zero-order valence-electron chi connectivity index (χ0n) is 27.4. The Labute approximate surface area is 265 Å². The van der Waals surface area contributed by atoms with Crippen molar-refractivity contribution >= 4 is 29.2 Å². The Balaban J connectivity index is 1.66. The van der Waals surface area contributed by atoms with Crippen molar-refractivity contribution in [1.82, 2.24) is 19.7 Å². The third kappa shape index (κ3) is 7.60. The SMILES string of the molecule is CCc1cc(C[C@@]2(C(=O)OC(C)(C)C)CCN(Cc3cccc(Cl)c3F)[C@H](C)C2)nc(Nc2cc(C)n(C(C)(C)C)n2)c1F. The van der Waals surface area contributed by atoms with Gasteiger partial charge in [-0.25, -0.2) is 13.8 Å². The van der Waals surface area contributed by atoms with Crippen LogP contribution in [0, 0.1) is 24.0 Å². The second-order valence-electron chi connectivity index (χ2n) is 14.1. The Morgan fingerprint density at radius 3 is 2.43 bits per heavy atom. The lowest BCUT2D eigenvalue weighted by Crippen LogP contribution is -2.51. The average Bonchev–Trinajstić information content (AvgIpc) is 3.29. The van der Waals surface area contributed by atoms with Crippen molar-refractivity contribution in [1.29, 1.82) is 0 Å². The van der Waals surface area contributed by atoms with Gasteiger partial charge in [-0.2, -0.15) is 5.10 Å². The lowest BCUT2D eigenvalue weighted by Gasteiger charge is -2.45. The highest BCUT2D eigenvalue weighted by molar-refractivity contribution is 6.30. The van der Waals surface area contributed by atoms with Crippen molar-refractivity contribution in [3.05, 3.63) is 69.5 Å². The molecule has 0 amide bonds. The number of ether oxygens (including phenoxy) is 1. The Morgan fingerprint density at radius 2 is 1.84 bits per heavy atom. The second kappa shape index (κ2) is 12.8. The molecule has 10 heteroatoms. The van der Waals surface area contributed by atoms with Gasteiger partial charge < -0.3 is 10.1 Å². The number of aryl methyl sites for hydroxylation is 2. The fourth-order valence-corrected chi connectivity index (χ4v) is 6.25. The average molecular weight is 630 g/mol. The summed E-state index contributed by atoms with van der Waals surface area (Å²) in [5.41, 5.74) is 0.742. The summed E-state index contributed by atoms with van der Waals surface area (Å²) in [6, 6.07) is 8.57. The van der Waals surface area contributed by atoms with E-state index in [4.69, 9.17) is 21.3 Å². The van der Waals surface area contributed by atoms with Crippen LogP contribution in [0.2, 0.25) is 5.02 Å². The number of pyridine rings is 1. The Bertz CT molecular complexity index is 1510. The molecular weight excluding hydrogens is 584 g/mol. The molecule has 1 aliphatic heterocycles. The molecule has 1 aromatic carbocycles. The molecule has 0 bridgehead atoms. The topological polar surface area (TPSA) is 72.3 Å². The summed E-state index contributed by atoms with van der Waals surface area (Å²) in [5.74, 6) is -0.573. The van der Waals surface area contributed by atoms with Gasteiger partial charge in [0.15, 0.2) is 17.5 Å². The predicted octanol–water partition coefficient (Wildman–Crippen LogP) is 8.13. The molecule has 44 heavy (non-hydrogen) atoms. The number of carbonyl (C=O) groups is 1. The summed E-state index contributed by atoms with van der Waals surface area (Å²) in [4.78, 5) is 20.8. The molecule has 1 aliphatic rings. The van der Waals surface area contributed by atoms with E-state index < -0.39 is 22.7 Å². The van der Waals surface area contributed by atoms with Crippen molar-refractivity contribution in [3.8, 4) is 0 Å². The lowest BCUT2D eigenvalue weighted by molar-refractivity contribution is -0.172. The Hall–Kier alpha value is -3.04. The summed E-state index contributed by atoms with van der Waals surface area (Å²) >= 11 is 6.04. The number of aromatic nitrogens is 3. The van der Waals surface area contributed by atoms with E-state index >= 15 is 4.39 Å². The summed E-state index contributed by atoms with van der Waals surface area (Å²) in [6.45, 7) is 18.5. The van der Waals surface area contributed by atoms with E-state index in [-0.39, 0.29) is 34.8 Å². The third-order valence-corrected chi connectivity index (χ3v) is 8.47. The van der Waals surface area contributed by atoms with Crippen LogP contribution in [0.4, 0.5) is 20.4 Å². The van der Waals surface area contributed by atoms with Gasteiger partial charge in [0.1, 0.15) is 11.4 Å². The van der Waals surface area contributed by atoms with Crippen LogP contribution in [0.1, 0.15) is 90.7 Å². The number of benzene rings is 1. The molecule has 3 aromatic rings. The minimum absolute atomic E-state index is 0.0670. The normalized spacial score (nSPS) is 19.7. The molecule has 240 valence electrons. The first kappa shape index (κ1) is 33.8. The Kier molecular flexibility index (Phi) is 9.81. The summed E-state index contributed by atoms with van der Waals surface area (Å²) in [5, 5.41) is 7.84. The van der Waals surface area contributed by atoms with E-state index in [0.29, 0.717) is 55.0 Å². The fourth-order valence-electron chi connectivity index (χ4n) is 6.06. The second-order valence-corrected chi connectivity index (χ2v) is 14.5. The zero-order valence-corrected chi connectivity index (χ0v) is 28.2. The van der Waals surface area contributed by atoms with Gasteiger partial charge >= 0.3 is 5.97 Å². The lowest BCUT2D eigenvalue weighted by atomic mass is 9.72. The molecule has 2 atom stereocenters. The number of carbonyl (C=O) groups excluding carboxylic acids is 1. The van der Waals surface area contributed by atoms with Gasteiger partial charge in [0, 0.05) is 42.0 Å². The molecule has 7 nitrogen and oxygen atoms in total. The maximum Gasteiger partial charge on any atom is 0.313 e. The van der Waals surface area contributed by atoms with E-state index in [1.807, 2.05) is 52.3 Å². The van der Waals surface area contributed by atoms with E-state index in [1.54, 1.807) is 18.2 Å². The number of rotatable bonds is 8. The molecule has 1 saturated heterocycles. The molecule has 0 aliphatic carbocycles. The largest absolute Gasteiger partial charge is 0.460 e. The number of likely N-dealkylation sites (tertiary alicyclic amines) is 1. The quantitative estimate of drug-likeness (QED) is 0.254. The van der Waals surface area contributed by atoms with Gasteiger partial charge in [-0.15, -0.1) is 0 Å². The van der Waals surface area contributed by atoms with Crippen LogP contribution in [-0.2, 0) is 34.5 Å². The fraction of sp³-hybridized carbons (Fsp3) is 0.559. The van der Waals surface area contributed by atoms with Crippen molar-refractivity contribution in [2.45, 2.75) is 112 Å². The van der Waals surface area contributed by atoms with Gasteiger partial charge in [0.05, 0.1) is 16.0 Å². The molecule has 0 spiro atoms. The van der Waals surface area contributed by atoms with E-state index in [9.17, 15) is 9.18 Å². The highest BCUT2D eigenvalue weighted by Gasteiger charge is 2.47. The molecule has 3 heterocycles. The number of hydrogen-bond donors (Lipinski definition) is 1. The highest BCUT2D eigenvalue weighted by atomic mass is 35.5. The monoisotopic (exact) mass is 629 g/mol. The van der Waals surface area contributed by atoms with E-state index in [0.717, 1.165) is 5.69 Å². The predicted molar refractivity (Wildman–Crippen MR) is 171 cm³/mol. The van der Waals surface area contributed by atoms with E-state index in [2.05, 4.69) is 36.1 Å². The maximum absolute atomic E-state index is 15.6. The van der Waals surface area contributed by atoms with Crippen LogP contribution in [0.3, 0.4) is 0 Å². The van der Waals surface area contributed by atoms with Crippen LogP contribution in [0.15, 0.2) is 30.3 Å². The number of anilines is 2. The van der Waals surface area contributed by atoms with Crippen molar-refractivity contribution in [2.75, 3.05) is 11.9 Å². The minimum atomic E-state index is -0.895.